The van der Waals surface area contributed by atoms with Gasteiger partial charge >= 0.3 is 5.97 Å². The summed E-state index contributed by atoms with van der Waals surface area (Å²) in [6.45, 7) is 7.87. The number of aromatic carboxylic acids is 1. The van der Waals surface area contributed by atoms with Crippen molar-refractivity contribution in [2.24, 2.45) is 0 Å². The Morgan fingerprint density at radius 2 is 2.16 bits per heavy atom. The predicted molar refractivity (Wildman–Crippen MR) is 76.8 cm³/mol. The molecule has 1 heterocycles. The van der Waals surface area contributed by atoms with Gasteiger partial charge in [-0.1, -0.05) is 6.92 Å². The summed E-state index contributed by atoms with van der Waals surface area (Å²) in [5.41, 5.74) is 1.08. The van der Waals surface area contributed by atoms with E-state index in [0.717, 1.165) is 25.2 Å². The first-order chi connectivity index (χ1) is 8.93. The van der Waals surface area contributed by atoms with Crippen molar-refractivity contribution in [1.82, 2.24) is 9.88 Å². The normalized spacial score (nSPS) is 11.1. The number of aryl methyl sites for hydroxylation is 1. The minimum absolute atomic E-state index is 0.284. The van der Waals surface area contributed by atoms with E-state index in [0.29, 0.717) is 11.9 Å². The molecular weight excluding hydrogens is 242 g/mol. The highest BCUT2D eigenvalue weighted by molar-refractivity contribution is 5.88. The minimum atomic E-state index is -0.917. The van der Waals surface area contributed by atoms with Crippen molar-refractivity contribution in [2.75, 3.05) is 25.5 Å². The zero-order chi connectivity index (χ0) is 14.4. The van der Waals surface area contributed by atoms with Gasteiger partial charge < -0.3 is 15.3 Å². The molecule has 0 spiro atoms. The first-order valence-electron chi connectivity index (χ1n) is 6.62. The molecule has 0 aromatic carbocycles. The summed E-state index contributed by atoms with van der Waals surface area (Å²) in [5.74, 6) is -0.284. The number of nitrogens with one attached hydrogen (secondary N) is 1. The Kier molecular flexibility index (Phi) is 5.76. The molecule has 0 saturated heterocycles. The van der Waals surface area contributed by atoms with Gasteiger partial charge in [0, 0.05) is 24.8 Å². The largest absolute Gasteiger partial charge is 0.478 e. The number of pyridine rings is 1. The van der Waals surface area contributed by atoms with Crippen LogP contribution in [0.15, 0.2) is 12.1 Å². The number of rotatable bonds is 7. The number of hydrogen-bond acceptors (Lipinski definition) is 4. The lowest BCUT2D eigenvalue weighted by molar-refractivity contribution is 0.0696. The lowest BCUT2D eigenvalue weighted by atomic mass is 10.2. The van der Waals surface area contributed by atoms with Crippen LogP contribution in [0.5, 0.6) is 0 Å². The summed E-state index contributed by atoms with van der Waals surface area (Å²) >= 11 is 0. The van der Waals surface area contributed by atoms with Crippen molar-refractivity contribution >= 4 is 11.8 Å². The molecule has 19 heavy (non-hydrogen) atoms. The first kappa shape index (κ1) is 15.4. The lowest BCUT2D eigenvalue weighted by Gasteiger charge is -2.21. The van der Waals surface area contributed by atoms with Crippen LogP contribution in [0.3, 0.4) is 0 Å². The summed E-state index contributed by atoms with van der Waals surface area (Å²) in [5, 5.41) is 12.2. The summed E-state index contributed by atoms with van der Waals surface area (Å²) in [6, 6.07) is 3.69. The maximum atomic E-state index is 11.0. The van der Waals surface area contributed by atoms with E-state index < -0.39 is 5.97 Å². The molecule has 0 fully saturated rings. The Morgan fingerprint density at radius 1 is 1.47 bits per heavy atom. The molecule has 5 nitrogen and oxygen atoms in total. The summed E-state index contributed by atoms with van der Waals surface area (Å²) in [7, 11) is 2.06. The highest BCUT2D eigenvalue weighted by atomic mass is 16.4. The molecule has 0 aliphatic carbocycles. The highest BCUT2D eigenvalue weighted by Gasteiger charge is 2.08. The maximum Gasteiger partial charge on any atom is 0.335 e. The van der Waals surface area contributed by atoms with Gasteiger partial charge in [0.05, 0.1) is 5.56 Å². The van der Waals surface area contributed by atoms with Crippen LogP contribution >= 0.6 is 0 Å². The second-order valence-corrected chi connectivity index (χ2v) is 4.89. The molecule has 0 unspecified atom stereocenters. The van der Waals surface area contributed by atoms with Gasteiger partial charge in [0.15, 0.2) is 0 Å². The van der Waals surface area contributed by atoms with Gasteiger partial charge in [0.25, 0.3) is 0 Å². The number of carbonyl (C=O) groups is 1. The van der Waals surface area contributed by atoms with Gasteiger partial charge in [-0.2, -0.15) is 0 Å². The molecule has 1 aromatic rings. The van der Waals surface area contributed by atoms with E-state index in [1.54, 1.807) is 12.1 Å². The summed E-state index contributed by atoms with van der Waals surface area (Å²) < 4.78 is 0. The van der Waals surface area contributed by atoms with E-state index in [-0.39, 0.29) is 5.56 Å². The second-order valence-electron chi connectivity index (χ2n) is 4.89. The van der Waals surface area contributed by atoms with Crippen LogP contribution < -0.4 is 5.32 Å². The Balaban J connectivity index is 2.67. The molecule has 0 amide bonds. The number of hydrogen-bond donors (Lipinski definition) is 2. The summed E-state index contributed by atoms with van der Waals surface area (Å²) in [4.78, 5) is 17.6. The minimum Gasteiger partial charge on any atom is -0.478 e. The fraction of sp³-hybridized carbons (Fsp3) is 0.571. The van der Waals surface area contributed by atoms with Crippen LogP contribution in [0.4, 0.5) is 5.82 Å². The van der Waals surface area contributed by atoms with E-state index in [9.17, 15) is 4.79 Å². The second kappa shape index (κ2) is 7.09. The van der Waals surface area contributed by atoms with Crippen LogP contribution in [-0.2, 0) is 6.42 Å². The fourth-order valence-corrected chi connectivity index (χ4v) is 1.60. The third-order valence-electron chi connectivity index (χ3n) is 3.14. The predicted octanol–water partition coefficient (Wildman–Crippen LogP) is 2.09. The van der Waals surface area contributed by atoms with Gasteiger partial charge in [-0.05, 0) is 39.4 Å². The molecule has 0 bridgehead atoms. The molecule has 2 N–H and O–H groups in total. The van der Waals surface area contributed by atoms with Crippen LogP contribution in [0.1, 0.15) is 36.8 Å². The lowest BCUT2D eigenvalue weighted by Crippen LogP contribution is -2.31. The standard InChI is InChI=1S/C14H23N3O2/c1-5-12-8-11(14(18)19)9-13(16-12)15-6-7-17(4)10(2)3/h8-10H,5-7H2,1-4H3,(H,15,16)(H,18,19). The Morgan fingerprint density at radius 3 is 2.68 bits per heavy atom. The SMILES string of the molecule is CCc1cc(C(=O)O)cc(NCCN(C)C(C)C)n1. The molecule has 0 atom stereocenters. The van der Waals surface area contributed by atoms with Crippen LogP contribution in [0.2, 0.25) is 0 Å². The third kappa shape index (κ3) is 4.87. The van der Waals surface area contributed by atoms with E-state index in [1.165, 1.54) is 0 Å². The topological polar surface area (TPSA) is 65.5 Å². The Labute approximate surface area is 114 Å². The molecule has 0 aliphatic rings. The molecule has 0 radical (unpaired) electrons. The van der Waals surface area contributed by atoms with Gasteiger partial charge in [-0.3, -0.25) is 0 Å². The summed E-state index contributed by atoms with van der Waals surface area (Å²) in [6.07, 6.45) is 0.724. The van der Waals surface area contributed by atoms with E-state index >= 15 is 0 Å². The number of nitrogens with zero attached hydrogens (tertiary/aromatic N) is 2. The number of carboxylic acid groups (broad SMARTS) is 1. The fourth-order valence-electron chi connectivity index (χ4n) is 1.60. The van der Waals surface area contributed by atoms with E-state index in [1.807, 2.05) is 6.92 Å². The van der Waals surface area contributed by atoms with Crippen molar-refractivity contribution < 1.29 is 9.90 Å². The van der Waals surface area contributed by atoms with Crippen molar-refractivity contribution in [3.8, 4) is 0 Å². The molecule has 1 aromatic heterocycles. The smallest absolute Gasteiger partial charge is 0.335 e. The molecule has 0 saturated carbocycles. The van der Waals surface area contributed by atoms with Crippen molar-refractivity contribution in [3.63, 3.8) is 0 Å². The van der Waals surface area contributed by atoms with Crippen LogP contribution in [0.25, 0.3) is 0 Å². The van der Waals surface area contributed by atoms with Gasteiger partial charge in [-0.25, -0.2) is 9.78 Å². The third-order valence-corrected chi connectivity index (χ3v) is 3.14. The number of anilines is 1. The number of carboxylic acids is 1. The van der Waals surface area contributed by atoms with Crippen molar-refractivity contribution in [1.29, 1.82) is 0 Å². The van der Waals surface area contributed by atoms with Gasteiger partial charge in [0.2, 0.25) is 0 Å². The van der Waals surface area contributed by atoms with Gasteiger partial charge in [0.1, 0.15) is 5.82 Å². The Hall–Kier alpha value is -1.62. The average Bonchev–Trinajstić information content (AvgIpc) is 2.37. The maximum absolute atomic E-state index is 11.0. The van der Waals surface area contributed by atoms with E-state index in [4.69, 9.17) is 5.11 Å². The quantitative estimate of drug-likeness (QED) is 0.790. The number of aromatic nitrogens is 1. The monoisotopic (exact) mass is 265 g/mol. The van der Waals surface area contributed by atoms with E-state index in [2.05, 4.69) is 36.1 Å². The molecule has 5 heteroatoms. The van der Waals surface area contributed by atoms with Crippen molar-refractivity contribution in [2.45, 2.75) is 33.2 Å². The highest BCUT2D eigenvalue weighted by Crippen LogP contribution is 2.11. The molecular formula is C14H23N3O2. The van der Waals surface area contributed by atoms with Crippen LogP contribution in [0, 0.1) is 0 Å². The zero-order valence-corrected chi connectivity index (χ0v) is 12.1. The number of likely N-dealkylation sites (N-methyl/N-ethyl adjacent to an activating group) is 1. The molecule has 0 aliphatic heterocycles. The molecule has 1 rings (SSSR count). The van der Waals surface area contributed by atoms with Gasteiger partial charge in [-0.15, -0.1) is 0 Å². The zero-order valence-electron chi connectivity index (χ0n) is 12.1. The van der Waals surface area contributed by atoms with Crippen LogP contribution in [-0.4, -0.2) is 47.1 Å². The van der Waals surface area contributed by atoms with Crippen molar-refractivity contribution in [3.05, 3.63) is 23.4 Å². The molecule has 106 valence electrons. The Bertz CT molecular complexity index is 433. The first-order valence-corrected chi connectivity index (χ1v) is 6.62. The average molecular weight is 265 g/mol.